The molecule has 1 heterocycles. The van der Waals surface area contributed by atoms with Gasteiger partial charge in [-0.05, 0) is 17.7 Å². The molecule has 0 N–H and O–H groups in total. The van der Waals surface area contributed by atoms with Crippen LogP contribution in [0.5, 0.6) is 28.7 Å². The van der Waals surface area contributed by atoms with Gasteiger partial charge in [0.2, 0.25) is 5.78 Å². The van der Waals surface area contributed by atoms with E-state index < -0.39 is 20.7 Å². The molecule has 204 valence electrons. The van der Waals surface area contributed by atoms with E-state index in [1.54, 1.807) is 39.5 Å². The summed E-state index contributed by atoms with van der Waals surface area (Å²) < 4.78 is 39.8. The first kappa shape index (κ1) is 29.0. The highest BCUT2D eigenvalue weighted by Gasteiger charge is 2.44. The molecule has 1 aliphatic rings. The van der Waals surface area contributed by atoms with E-state index in [9.17, 15) is 4.79 Å². The van der Waals surface area contributed by atoms with Crippen LogP contribution in [-0.2, 0) is 4.52 Å². The van der Waals surface area contributed by atoms with Crippen LogP contribution in [0.4, 0.5) is 0 Å². The minimum absolute atomic E-state index is 0.202. The number of ketones is 1. The van der Waals surface area contributed by atoms with Crippen molar-refractivity contribution in [2.75, 3.05) is 54.6 Å². The number of carbonyl (C=O) groups is 1. The molecule has 0 amide bonds. The molecule has 0 saturated carbocycles. The zero-order valence-corrected chi connectivity index (χ0v) is 24.0. The van der Waals surface area contributed by atoms with Crippen molar-refractivity contribution >= 4 is 14.2 Å². The van der Waals surface area contributed by atoms with Crippen LogP contribution in [0.1, 0.15) is 49.7 Å². The predicted octanol–water partition coefficient (Wildman–Crippen LogP) is 5.33. The lowest BCUT2D eigenvalue weighted by molar-refractivity contribution is 0.0296. The van der Waals surface area contributed by atoms with E-state index in [0.717, 1.165) is 31.7 Å². The quantitative estimate of drug-likeness (QED) is 0.317. The molecule has 10 heteroatoms. The van der Waals surface area contributed by atoms with Gasteiger partial charge in [0.05, 0.1) is 28.4 Å². The second-order valence-electron chi connectivity index (χ2n) is 8.28. The number of nitrogens with zero attached hydrogens (tertiary/aromatic N) is 2. The van der Waals surface area contributed by atoms with Crippen molar-refractivity contribution in [3.8, 4) is 28.7 Å². The molecule has 37 heavy (non-hydrogen) atoms. The number of ether oxygens (including phenoxy) is 5. The third-order valence-corrected chi connectivity index (χ3v) is 8.93. The van der Waals surface area contributed by atoms with Gasteiger partial charge in [0.1, 0.15) is 22.8 Å². The summed E-state index contributed by atoms with van der Waals surface area (Å²) in [5.74, 6) is 2.22. The number of benzene rings is 2. The van der Waals surface area contributed by atoms with Gasteiger partial charge in [0.15, 0.2) is 32.2 Å². The molecule has 2 aromatic rings. The predicted molar refractivity (Wildman–Crippen MR) is 144 cm³/mol. The Morgan fingerprint density at radius 3 is 1.89 bits per heavy atom. The second-order valence-corrected chi connectivity index (χ2v) is 10.1. The molecule has 9 nitrogen and oxygen atoms in total. The van der Waals surface area contributed by atoms with Crippen LogP contribution < -0.4 is 23.7 Å². The first-order valence-corrected chi connectivity index (χ1v) is 13.7. The summed E-state index contributed by atoms with van der Waals surface area (Å²) >= 11 is 0. The SMILES string of the molecule is CCN(CC)P(OC1C(=O)c2c(OC)cc(OC)cc2OC1c1ccc(OC)c(OC)c1)N(CC)CC. The fraction of sp³-hybridized carbons (Fsp3) is 0.519. The number of hydrogen-bond donors (Lipinski definition) is 0. The number of methoxy groups -OCH3 is 4. The molecule has 3 rings (SSSR count). The van der Waals surface area contributed by atoms with E-state index in [2.05, 4.69) is 37.0 Å². The maximum Gasteiger partial charge on any atom is 0.203 e. The smallest absolute Gasteiger partial charge is 0.203 e. The van der Waals surface area contributed by atoms with E-state index >= 15 is 0 Å². The second kappa shape index (κ2) is 13.3. The molecule has 2 atom stereocenters. The van der Waals surface area contributed by atoms with Crippen molar-refractivity contribution in [3.05, 3.63) is 41.5 Å². The number of Topliss-reactive ketones (excluding diaryl/α,β-unsaturated/α-hetero) is 1. The van der Waals surface area contributed by atoms with E-state index in [1.807, 2.05) is 12.1 Å². The summed E-state index contributed by atoms with van der Waals surface area (Å²) in [5, 5.41) is 0. The van der Waals surface area contributed by atoms with Crippen molar-refractivity contribution in [3.63, 3.8) is 0 Å². The number of carbonyl (C=O) groups excluding carboxylic acids is 1. The summed E-state index contributed by atoms with van der Waals surface area (Å²) in [6, 6.07) is 8.89. The zero-order valence-electron chi connectivity index (χ0n) is 23.1. The maximum atomic E-state index is 14.2. The van der Waals surface area contributed by atoms with Gasteiger partial charge in [0.25, 0.3) is 0 Å². The van der Waals surface area contributed by atoms with E-state index in [4.69, 9.17) is 28.2 Å². The Balaban J connectivity index is 2.18. The summed E-state index contributed by atoms with van der Waals surface area (Å²) in [7, 11) is 5.00. The molecule has 1 aliphatic heterocycles. The Morgan fingerprint density at radius 2 is 1.38 bits per heavy atom. The summed E-state index contributed by atoms with van der Waals surface area (Å²) in [5.41, 5.74) is 1.08. The van der Waals surface area contributed by atoms with Gasteiger partial charge in [0, 0.05) is 38.3 Å². The zero-order chi connectivity index (χ0) is 27.1. The van der Waals surface area contributed by atoms with E-state index in [-0.39, 0.29) is 5.78 Å². The van der Waals surface area contributed by atoms with Crippen LogP contribution in [0.2, 0.25) is 0 Å². The molecule has 2 unspecified atom stereocenters. The molecular formula is C27H39N2O7P. The van der Waals surface area contributed by atoms with Gasteiger partial charge < -0.3 is 28.2 Å². The van der Waals surface area contributed by atoms with Gasteiger partial charge >= 0.3 is 0 Å². The summed E-state index contributed by atoms with van der Waals surface area (Å²) in [6.07, 6.45) is -1.65. The lowest BCUT2D eigenvalue weighted by atomic mass is 9.92. The van der Waals surface area contributed by atoms with Crippen molar-refractivity contribution in [1.82, 2.24) is 9.34 Å². The van der Waals surface area contributed by atoms with Crippen molar-refractivity contribution in [2.24, 2.45) is 0 Å². The molecular weight excluding hydrogens is 495 g/mol. The molecule has 0 radical (unpaired) electrons. The Bertz CT molecular complexity index is 1050. The first-order chi connectivity index (χ1) is 17.9. The third-order valence-electron chi connectivity index (χ3n) is 6.42. The van der Waals surface area contributed by atoms with Crippen LogP contribution in [0.15, 0.2) is 30.3 Å². The van der Waals surface area contributed by atoms with Crippen LogP contribution in [0.3, 0.4) is 0 Å². The number of fused-ring (bicyclic) bond motifs is 1. The highest BCUT2D eigenvalue weighted by atomic mass is 31.2. The first-order valence-electron chi connectivity index (χ1n) is 12.6. The lowest BCUT2D eigenvalue weighted by Crippen LogP contribution is -2.41. The van der Waals surface area contributed by atoms with Crippen LogP contribution in [0, 0.1) is 0 Å². The lowest BCUT2D eigenvalue weighted by Gasteiger charge is -2.41. The average molecular weight is 535 g/mol. The molecule has 0 aromatic heterocycles. The summed E-state index contributed by atoms with van der Waals surface area (Å²) in [6.45, 7) is 11.6. The van der Waals surface area contributed by atoms with Crippen LogP contribution >= 0.6 is 8.45 Å². The van der Waals surface area contributed by atoms with E-state index in [0.29, 0.717) is 34.3 Å². The standard InChI is InChI=1S/C27H39N2O7P/c1-9-28(10-2)37(29(11-3)12-4)36-27-25(30)24-22(34-8)16-19(31-5)17-23(24)35-26(27)18-13-14-20(32-6)21(15-18)33-7/h13-17,26-27H,9-12H2,1-8H3. The monoisotopic (exact) mass is 534 g/mol. The Hall–Kier alpha value is -2.58. The molecule has 0 fully saturated rings. The Labute approximate surface area is 221 Å². The fourth-order valence-electron chi connectivity index (χ4n) is 4.38. The van der Waals surface area contributed by atoms with E-state index in [1.165, 1.54) is 7.11 Å². The maximum absolute atomic E-state index is 14.2. The highest BCUT2D eigenvalue weighted by molar-refractivity contribution is 7.47. The minimum atomic E-state index is -1.24. The normalized spacial score (nSPS) is 17.1. The number of rotatable bonds is 13. The summed E-state index contributed by atoms with van der Waals surface area (Å²) in [4.78, 5) is 14.2. The molecule has 0 saturated heterocycles. The largest absolute Gasteiger partial charge is 0.496 e. The van der Waals surface area contributed by atoms with Crippen molar-refractivity contribution in [2.45, 2.75) is 39.9 Å². The highest BCUT2D eigenvalue weighted by Crippen LogP contribution is 2.52. The Kier molecular flexibility index (Phi) is 10.4. The average Bonchev–Trinajstić information content (AvgIpc) is 2.94. The topological polar surface area (TPSA) is 78.9 Å². The minimum Gasteiger partial charge on any atom is -0.496 e. The molecule has 2 aromatic carbocycles. The molecule has 0 aliphatic carbocycles. The van der Waals surface area contributed by atoms with Gasteiger partial charge in [-0.25, -0.2) is 9.34 Å². The van der Waals surface area contributed by atoms with Gasteiger partial charge in [-0.3, -0.25) is 4.79 Å². The van der Waals surface area contributed by atoms with Gasteiger partial charge in [-0.1, -0.05) is 33.8 Å². The van der Waals surface area contributed by atoms with Crippen LogP contribution in [-0.4, -0.2) is 75.8 Å². The van der Waals surface area contributed by atoms with Crippen LogP contribution in [0.25, 0.3) is 0 Å². The van der Waals surface area contributed by atoms with Gasteiger partial charge in [-0.2, -0.15) is 0 Å². The molecule has 0 bridgehead atoms. The van der Waals surface area contributed by atoms with Crippen molar-refractivity contribution < 1.29 is 33.0 Å². The number of hydrogen-bond acceptors (Lipinski definition) is 9. The Morgan fingerprint density at radius 1 is 0.784 bits per heavy atom. The van der Waals surface area contributed by atoms with Crippen molar-refractivity contribution in [1.29, 1.82) is 0 Å². The van der Waals surface area contributed by atoms with Gasteiger partial charge in [-0.15, -0.1) is 0 Å². The third kappa shape index (κ3) is 5.96. The fourth-order valence-corrected chi connectivity index (χ4v) is 6.38. The molecule has 0 spiro atoms.